The maximum Gasteiger partial charge on any atom is 0.318 e. The Kier molecular flexibility index (Phi) is 4.33. The molecule has 8 heteroatoms. The van der Waals surface area contributed by atoms with E-state index >= 15 is 0 Å². The first-order chi connectivity index (χ1) is 10.4. The third kappa shape index (κ3) is 3.36. The van der Waals surface area contributed by atoms with E-state index < -0.39 is 27.3 Å². The lowest BCUT2D eigenvalue weighted by Gasteiger charge is -2.09. The molecular formula is C14H12N2O6. The minimum atomic E-state index is -0.749. The van der Waals surface area contributed by atoms with Gasteiger partial charge in [0.2, 0.25) is 5.75 Å². The third-order valence-corrected chi connectivity index (χ3v) is 2.92. The van der Waals surface area contributed by atoms with E-state index in [2.05, 4.69) is 0 Å². The van der Waals surface area contributed by atoms with E-state index in [0.717, 1.165) is 12.1 Å². The molecule has 114 valence electrons. The molecule has 0 amide bonds. The van der Waals surface area contributed by atoms with Crippen LogP contribution in [0.2, 0.25) is 0 Å². The standard InChI is InChI=1S/C14H12N2O6/c1-9(17)10-3-2-4-12(7-10)22-14-6-5-11(15(18)19)8-13(14)16(20)21/h2-9,17H,1H3. The molecule has 0 radical (unpaired) electrons. The minimum Gasteiger partial charge on any atom is -0.450 e. The Bertz CT molecular complexity index is 729. The summed E-state index contributed by atoms with van der Waals surface area (Å²) in [6.45, 7) is 1.58. The van der Waals surface area contributed by atoms with Crippen LogP contribution in [0.1, 0.15) is 18.6 Å². The van der Waals surface area contributed by atoms with Gasteiger partial charge in [0.05, 0.1) is 22.0 Å². The van der Waals surface area contributed by atoms with Crippen molar-refractivity contribution in [2.45, 2.75) is 13.0 Å². The molecule has 1 atom stereocenters. The average Bonchev–Trinajstić information content (AvgIpc) is 2.47. The lowest BCUT2D eigenvalue weighted by molar-refractivity contribution is -0.394. The van der Waals surface area contributed by atoms with Crippen molar-refractivity contribution in [3.8, 4) is 11.5 Å². The first-order valence-electron chi connectivity index (χ1n) is 6.27. The number of ether oxygens (including phenoxy) is 1. The fourth-order valence-electron chi connectivity index (χ4n) is 1.81. The van der Waals surface area contributed by atoms with Crippen LogP contribution in [0.25, 0.3) is 0 Å². The number of non-ortho nitro benzene ring substituents is 1. The van der Waals surface area contributed by atoms with Crippen LogP contribution in [-0.2, 0) is 0 Å². The van der Waals surface area contributed by atoms with Crippen LogP contribution in [0.15, 0.2) is 42.5 Å². The Labute approximate surface area is 124 Å². The smallest absolute Gasteiger partial charge is 0.318 e. The number of nitro groups is 2. The van der Waals surface area contributed by atoms with Crippen LogP contribution < -0.4 is 4.74 Å². The second-order valence-electron chi connectivity index (χ2n) is 4.52. The number of nitro benzene ring substituents is 2. The summed E-state index contributed by atoms with van der Waals surface area (Å²) in [7, 11) is 0. The molecule has 0 spiro atoms. The number of hydrogen-bond acceptors (Lipinski definition) is 6. The van der Waals surface area contributed by atoms with E-state index in [0.29, 0.717) is 5.56 Å². The molecule has 8 nitrogen and oxygen atoms in total. The van der Waals surface area contributed by atoms with Crippen molar-refractivity contribution >= 4 is 11.4 Å². The van der Waals surface area contributed by atoms with Gasteiger partial charge in [-0.2, -0.15) is 0 Å². The zero-order valence-corrected chi connectivity index (χ0v) is 11.5. The van der Waals surface area contributed by atoms with E-state index in [9.17, 15) is 25.3 Å². The maximum atomic E-state index is 11.0. The van der Waals surface area contributed by atoms with Crippen molar-refractivity contribution in [2.75, 3.05) is 0 Å². The van der Waals surface area contributed by atoms with E-state index in [1.165, 1.54) is 12.1 Å². The Balaban J connectivity index is 2.39. The summed E-state index contributed by atoms with van der Waals surface area (Å²) in [5.41, 5.74) is -0.310. The Morgan fingerprint density at radius 1 is 1.09 bits per heavy atom. The summed E-state index contributed by atoms with van der Waals surface area (Å²) >= 11 is 0. The summed E-state index contributed by atoms with van der Waals surface area (Å²) in [5, 5.41) is 31.2. The largest absolute Gasteiger partial charge is 0.450 e. The van der Waals surface area contributed by atoms with E-state index in [1.54, 1.807) is 25.1 Å². The molecule has 1 N–H and O–H groups in total. The lowest BCUT2D eigenvalue weighted by atomic mass is 10.1. The molecule has 2 rings (SSSR count). The van der Waals surface area contributed by atoms with Crippen molar-refractivity contribution in [1.82, 2.24) is 0 Å². The number of benzene rings is 2. The predicted molar refractivity (Wildman–Crippen MR) is 76.9 cm³/mol. The zero-order valence-electron chi connectivity index (χ0n) is 11.5. The normalized spacial score (nSPS) is 11.7. The summed E-state index contributed by atoms with van der Waals surface area (Å²) in [5.74, 6) is 0.175. The van der Waals surface area contributed by atoms with E-state index in [4.69, 9.17) is 4.74 Å². The Hall–Kier alpha value is -3.00. The summed E-state index contributed by atoms with van der Waals surface area (Å²) in [4.78, 5) is 20.2. The molecule has 0 aliphatic heterocycles. The number of rotatable bonds is 5. The van der Waals surface area contributed by atoms with Gasteiger partial charge in [-0.15, -0.1) is 0 Å². The van der Waals surface area contributed by atoms with Gasteiger partial charge in [-0.1, -0.05) is 12.1 Å². The van der Waals surface area contributed by atoms with Crippen molar-refractivity contribution < 1.29 is 19.7 Å². The minimum absolute atomic E-state index is 0.113. The van der Waals surface area contributed by atoms with Gasteiger partial charge in [0.15, 0.2) is 0 Å². The van der Waals surface area contributed by atoms with Gasteiger partial charge in [0.1, 0.15) is 5.75 Å². The highest BCUT2D eigenvalue weighted by Crippen LogP contribution is 2.34. The second kappa shape index (κ2) is 6.19. The van der Waals surface area contributed by atoms with Gasteiger partial charge < -0.3 is 9.84 Å². The first-order valence-corrected chi connectivity index (χ1v) is 6.27. The molecule has 0 aliphatic rings. The third-order valence-electron chi connectivity index (χ3n) is 2.92. The zero-order chi connectivity index (χ0) is 16.3. The first kappa shape index (κ1) is 15.4. The van der Waals surface area contributed by atoms with Crippen molar-refractivity contribution in [3.05, 3.63) is 68.3 Å². The summed E-state index contributed by atoms with van der Waals surface area (Å²) < 4.78 is 5.42. The van der Waals surface area contributed by atoms with Gasteiger partial charge in [-0.05, 0) is 30.7 Å². The molecule has 0 aromatic heterocycles. The summed E-state index contributed by atoms with van der Waals surface area (Å²) in [6, 6.07) is 9.56. The molecule has 2 aromatic rings. The topological polar surface area (TPSA) is 116 Å². The van der Waals surface area contributed by atoms with Gasteiger partial charge in [-0.3, -0.25) is 20.2 Å². The van der Waals surface area contributed by atoms with Crippen LogP contribution in [0, 0.1) is 20.2 Å². The van der Waals surface area contributed by atoms with Crippen molar-refractivity contribution in [1.29, 1.82) is 0 Å². The molecule has 2 aromatic carbocycles. The number of aliphatic hydroxyl groups is 1. The number of nitrogens with zero attached hydrogens (tertiary/aromatic N) is 2. The SMILES string of the molecule is CC(O)c1cccc(Oc2ccc([N+](=O)[O-])cc2[N+](=O)[O-])c1. The highest BCUT2D eigenvalue weighted by Gasteiger charge is 2.21. The van der Waals surface area contributed by atoms with Gasteiger partial charge >= 0.3 is 5.69 Å². The molecule has 0 fully saturated rings. The molecule has 0 heterocycles. The van der Waals surface area contributed by atoms with Gasteiger partial charge in [0.25, 0.3) is 5.69 Å². The number of aliphatic hydroxyl groups excluding tert-OH is 1. The van der Waals surface area contributed by atoms with Crippen LogP contribution >= 0.6 is 0 Å². The molecule has 0 bridgehead atoms. The summed E-state index contributed by atoms with van der Waals surface area (Å²) in [6.07, 6.45) is -0.713. The van der Waals surface area contributed by atoms with Crippen LogP contribution in [0.5, 0.6) is 11.5 Å². The fourth-order valence-corrected chi connectivity index (χ4v) is 1.81. The van der Waals surface area contributed by atoms with Crippen LogP contribution in [0.3, 0.4) is 0 Å². The molecular weight excluding hydrogens is 292 g/mol. The quantitative estimate of drug-likeness (QED) is 0.668. The molecule has 0 saturated carbocycles. The lowest BCUT2D eigenvalue weighted by Crippen LogP contribution is -1.97. The van der Waals surface area contributed by atoms with Gasteiger partial charge in [-0.25, -0.2) is 0 Å². The Morgan fingerprint density at radius 2 is 1.82 bits per heavy atom. The highest BCUT2D eigenvalue weighted by atomic mass is 16.6. The van der Waals surface area contributed by atoms with Crippen molar-refractivity contribution in [3.63, 3.8) is 0 Å². The van der Waals surface area contributed by atoms with Gasteiger partial charge in [0, 0.05) is 6.07 Å². The molecule has 1 unspecified atom stereocenters. The van der Waals surface area contributed by atoms with Crippen molar-refractivity contribution in [2.24, 2.45) is 0 Å². The average molecular weight is 304 g/mol. The van der Waals surface area contributed by atoms with E-state index in [-0.39, 0.29) is 11.5 Å². The maximum absolute atomic E-state index is 11.0. The van der Waals surface area contributed by atoms with Crippen LogP contribution in [-0.4, -0.2) is 15.0 Å². The van der Waals surface area contributed by atoms with E-state index in [1.807, 2.05) is 0 Å². The van der Waals surface area contributed by atoms with Crippen LogP contribution in [0.4, 0.5) is 11.4 Å². The highest BCUT2D eigenvalue weighted by molar-refractivity contribution is 5.54. The fraction of sp³-hybridized carbons (Fsp3) is 0.143. The molecule has 0 aliphatic carbocycles. The molecule has 22 heavy (non-hydrogen) atoms. The second-order valence-corrected chi connectivity index (χ2v) is 4.52. The predicted octanol–water partition coefficient (Wildman–Crippen LogP) is 3.35. The number of hydrogen-bond donors (Lipinski definition) is 1. The molecule has 0 saturated heterocycles. The monoisotopic (exact) mass is 304 g/mol. The Morgan fingerprint density at radius 3 is 2.41 bits per heavy atom.